The Balaban J connectivity index is 2.36. The van der Waals surface area contributed by atoms with E-state index in [1.807, 2.05) is 6.92 Å². The van der Waals surface area contributed by atoms with Gasteiger partial charge in [0.15, 0.2) is 0 Å². The van der Waals surface area contributed by atoms with Crippen LogP contribution < -0.4 is 16.6 Å². The van der Waals surface area contributed by atoms with Crippen LogP contribution in [0.25, 0.3) is 0 Å². The number of hydrogen-bond donors (Lipinski definition) is 3. The minimum atomic E-state index is -0.584. The van der Waals surface area contributed by atoms with Gasteiger partial charge in [-0.25, -0.2) is 4.39 Å². The molecule has 0 fully saturated rings. The molecule has 6 heteroatoms. The van der Waals surface area contributed by atoms with Crippen molar-refractivity contribution in [2.45, 2.75) is 13.8 Å². The second-order valence-corrected chi connectivity index (χ2v) is 4.35. The molecule has 0 saturated heterocycles. The van der Waals surface area contributed by atoms with Crippen molar-refractivity contribution >= 4 is 17.3 Å². The first-order chi connectivity index (χ1) is 9.54. The molecular weight excluding hydrogens is 259 g/mol. The lowest BCUT2D eigenvalue weighted by Gasteiger charge is -2.13. The Morgan fingerprint density at radius 1 is 1.25 bits per heavy atom. The summed E-state index contributed by atoms with van der Waals surface area (Å²) in [5.74, 6) is 4.23. The van der Waals surface area contributed by atoms with Crippen molar-refractivity contribution in [2.24, 2.45) is 5.84 Å². The number of carbonyl (C=O) groups is 1. The summed E-state index contributed by atoms with van der Waals surface area (Å²) in [7, 11) is 0. The zero-order valence-corrected chi connectivity index (χ0v) is 11.2. The monoisotopic (exact) mass is 274 g/mol. The normalized spacial score (nSPS) is 10.2. The van der Waals surface area contributed by atoms with E-state index in [0.29, 0.717) is 11.4 Å². The van der Waals surface area contributed by atoms with Crippen molar-refractivity contribution in [1.29, 1.82) is 0 Å². The van der Waals surface area contributed by atoms with E-state index >= 15 is 0 Å². The fraction of sp³-hybridized carbons (Fsp3) is 0.143. The lowest BCUT2D eigenvalue weighted by atomic mass is 10.1. The molecule has 0 radical (unpaired) electrons. The molecule has 20 heavy (non-hydrogen) atoms. The van der Waals surface area contributed by atoms with Crippen LogP contribution in [0.3, 0.4) is 0 Å². The van der Waals surface area contributed by atoms with Gasteiger partial charge in [0.25, 0.3) is 5.91 Å². The summed E-state index contributed by atoms with van der Waals surface area (Å²) in [5, 5.41) is 2.73. The summed E-state index contributed by atoms with van der Waals surface area (Å²) in [4.78, 5) is 16.4. The van der Waals surface area contributed by atoms with Gasteiger partial charge in [0.2, 0.25) is 0 Å². The van der Waals surface area contributed by atoms with E-state index in [9.17, 15) is 9.18 Å². The Kier molecular flexibility index (Phi) is 3.95. The number of para-hydroxylation sites is 1. The molecule has 0 bridgehead atoms. The predicted molar refractivity (Wildman–Crippen MR) is 75.9 cm³/mol. The summed E-state index contributed by atoms with van der Waals surface area (Å²) in [6, 6.07) is 5.96. The standard InChI is InChI=1S/C14H15FN4O/c1-8-6-7-17-9(2)12(8)18-14(20)10-4-3-5-11(15)13(10)19-16/h3-7,19H,16H2,1-2H3,(H,18,20). The Morgan fingerprint density at radius 3 is 2.65 bits per heavy atom. The highest BCUT2D eigenvalue weighted by molar-refractivity contribution is 6.08. The van der Waals surface area contributed by atoms with Crippen molar-refractivity contribution in [1.82, 2.24) is 4.98 Å². The van der Waals surface area contributed by atoms with E-state index in [4.69, 9.17) is 5.84 Å². The van der Waals surface area contributed by atoms with Gasteiger partial charge in [0.05, 0.1) is 22.6 Å². The third-order valence-electron chi connectivity index (χ3n) is 2.99. The smallest absolute Gasteiger partial charge is 0.257 e. The summed E-state index contributed by atoms with van der Waals surface area (Å²) in [6.07, 6.45) is 1.66. The number of nitrogens with zero attached hydrogens (tertiary/aromatic N) is 1. The number of halogens is 1. The number of nitrogens with one attached hydrogen (secondary N) is 2. The van der Waals surface area contributed by atoms with Gasteiger partial charge >= 0.3 is 0 Å². The minimum Gasteiger partial charge on any atom is -0.321 e. The number of hydrazine groups is 1. The van der Waals surface area contributed by atoms with Crippen LogP contribution in [0.15, 0.2) is 30.5 Å². The zero-order valence-electron chi connectivity index (χ0n) is 11.2. The second kappa shape index (κ2) is 5.66. The molecule has 0 spiro atoms. The van der Waals surface area contributed by atoms with Crippen LogP contribution >= 0.6 is 0 Å². The van der Waals surface area contributed by atoms with Crippen molar-refractivity contribution in [3.8, 4) is 0 Å². The fourth-order valence-electron chi connectivity index (χ4n) is 1.92. The lowest BCUT2D eigenvalue weighted by molar-refractivity contribution is 0.102. The van der Waals surface area contributed by atoms with Crippen molar-refractivity contribution < 1.29 is 9.18 Å². The lowest BCUT2D eigenvalue weighted by Crippen LogP contribution is -2.19. The highest BCUT2D eigenvalue weighted by Gasteiger charge is 2.16. The second-order valence-electron chi connectivity index (χ2n) is 4.35. The molecule has 0 saturated carbocycles. The number of aromatic nitrogens is 1. The number of carbonyl (C=O) groups excluding carboxylic acids is 1. The Hall–Kier alpha value is -2.47. The fourth-order valence-corrected chi connectivity index (χ4v) is 1.92. The number of nitrogens with two attached hydrogens (primary N) is 1. The van der Waals surface area contributed by atoms with Gasteiger partial charge in [-0.05, 0) is 37.6 Å². The highest BCUT2D eigenvalue weighted by Crippen LogP contribution is 2.22. The van der Waals surface area contributed by atoms with Crippen molar-refractivity contribution in [2.75, 3.05) is 10.7 Å². The van der Waals surface area contributed by atoms with Gasteiger partial charge in [-0.1, -0.05) is 6.07 Å². The molecule has 0 atom stereocenters. The van der Waals surface area contributed by atoms with E-state index in [2.05, 4.69) is 15.7 Å². The average Bonchev–Trinajstić information content (AvgIpc) is 2.42. The van der Waals surface area contributed by atoms with Crippen LogP contribution in [0, 0.1) is 19.7 Å². The van der Waals surface area contributed by atoms with Crippen LogP contribution in [-0.4, -0.2) is 10.9 Å². The molecule has 0 aliphatic carbocycles. The summed E-state index contributed by atoms with van der Waals surface area (Å²) in [6.45, 7) is 3.65. The zero-order chi connectivity index (χ0) is 14.7. The Morgan fingerprint density at radius 2 is 2.00 bits per heavy atom. The number of benzene rings is 1. The van der Waals surface area contributed by atoms with E-state index < -0.39 is 11.7 Å². The number of aryl methyl sites for hydroxylation is 2. The van der Waals surface area contributed by atoms with E-state index in [-0.39, 0.29) is 11.3 Å². The number of anilines is 2. The van der Waals surface area contributed by atoms with Gasteiger partial charge < -0.3 is 10.7 Å². The van der Waals surface area contributed by atoms with E-state index in [0.717, 1.165) is 5.56 Å². The molecule has 104 valence electrons. The van der Waals surface area contributed by atoms with Crippen molar-refractivity contribution in [3.63, 3.8) is 0 Å². The third-order valence-corrected chi connectivity index (χ3v) is 2.99. The molecule has 5 nitrogen and oxygen atoms in total. The molecule has 2 rings (SSSR count). The van der Waals surface area contributed by atoms with Crippen LogP contribution in [0.1, 0.15) is 21.6 Å². The molecule has 0 aliphatic rings. The van der Waals surface area contributed by atoms with Crippen LogP contribution in [0.5, 0.6) is 0 Å². The average molecular weight is 274 g/mol. The Bertz CT molecular complexity index is 637. The molecular formula is C14H15FN4O. The number of hydrogen-bond acceptors (Lipinski definition) is 4. The summed E-state index contributed by atoms with van der Waals surface area (Å²) >= 11 is 0. The topological polar surface area (TPSA) is 80.0 Å². The van der Waals surface area contributed by atoms with Gasteiger partial charge in [0.1, 0.15) is 5.82 Å². The van der Waals surface area contributed by atoms with Gasteiger partial charge in [0, 0.05) is 6.20 Å². The summed E-state index contributed by atoms with van der Waals surface area (Å²) < 4.78 is 13.6. The van der Waals surface area contributed by atoms with Gasteiger partial charge in [-0.3, -0.25) is 15.6 Å². The maximum absolute atomic E-state index is 13.6. The molecule has 0 aliphatic heterocycles. The maximum Gasteiger partial charge on any atom is 0.257 e. The number of amides is 1. The van der Waals surface area contributed by atoms with Crippen LogP contribution in [0.2, 0.25) is 0 Å². The predicted octanol–water partition coefficient (Wildman–Crippen LogP) is 2.38. The molecule has 1 aromatic carbocycles. The summed E-state index contributed by atoms with van der Waals surface area (Å²) in [5.41, 5.74) is 4.49. The van der Waals surface area contributed by atoms with Crippen LogP contribution in [-0.2, 0) is 0 Å². The molecule has 2 aromatic rings. The van der Waals surface area contributed by atoms with Crippen molar-refractivity contribution in [3.05, 3.63) is 53.1 Å². The molecule has 0 unspecified atom stereocenters. The number of rotatable bonds is 3. The number of nitrogen functional groups attached to an aromatic ring is 1. The first-order valence-electron chi connectivity index (χ1n) is 6.03. The molecule has 1 aromatic heterocycles. The maximum atomic E-state index is 13.6. The van der Waals surface area contributed by atoms with E-state index in [1.54, 1.807) is 19.2 Å². The SMILES string of the molecule is Cc1ccnc(C)c1NC(=O)c1cccc(F)c1NN. The largest absolute Gasteiger partial charge is 0.321 e. The first kappa shape index (κ1) is 14.0. The molecule has 4 N–H and O–H groups in total. The Labute approximate surface area is 116 Å². The third kappa shape index (κ3) is 2.60. The highest BCUT2D eigenvalue weighted by atomic mass is 19.1. The first-order valence-corrected chi connectivity index (χ1v) is 6.03. The van der Waals surface area contributed by atoms with Gasteiger partial charge in [-0.15, -0.1) is 0 Å². The molecule has 1 heterocycles. The minimum absolute atomic E-state index is 0.0378. The van der Waals surface area contributed by atoms with Crippen LogP contribution in [0.4, 0.5) is 15.8 Å². The quantitative estimate of drug-likeness (QED) is 0.593. The molecule has 1 amide bonds. The van der Waals surface area contributed by atoms with Gasteiger partial charge in [-0.2, -0.15) is 0 Å². The number of pyridine rings is 1. The van der Waals surface area contributed by atoms with E-state index in [1.165, 1.54) is 18.2 Å².